The summed E-state index contributed by atoms with van der Waals surface area (Å²) in [5.41, 5.74) is 6.53. The third kappa shape index (κ3) is 3.26. The number of pyridine rings is 1. The lowest BCUT2D eigenvalue weighted by atomic mass is 9.79. The van der Waals surface area contributed by atoms with Gasteiger partial charge in [-0.1, -0.05) is 0 Å². The molecule has 0 bridgehead atoms. The first-order valence-electron chi connectivity index (χ1n) is 7.75. The van der Waals surface area contributed by atoms with Gasteiger partial charge in [-0.3, -0.25) is 16.3 Å². The molecular formula is C16H25N3OS. The fourth-order valence-corrected chi connectivity index (χ4v) is 5.14. The summed E-state index contributed by atoms with van der Waals surface area (Å²) >= 11 is 2.01. The second-order valence-corrected chi connectivity index (χ2v) is 7.52. The maximum absolute atomic E-state index is 6.13. The highest BCUT2D eigenvalue weighted by molar-refractivity contribution is 7.99. The Bertz CT molecular complexity index is 482. The Labute approximate surface area is 131 Å². The zero-order valence-corrected chi connectivity index (χ0v) is 13.7. The van der Waals surface area contributed by atoms with Gasteiger partial charge in [-0.15, -0.1) is 0 Å². The van der Waals surface area contributed by atoms with Crippen LogP contribution in [0.4, 0.5) is 0 Å². The van der Waals surface area contributed by atoms with Crippen molar-refractivity contribution in [2.45, 2.75) is 44.8 Å². The van der Waals surface area contributed by atoms with Crippen molar-refractivity contribution in [2.24, 2.45) is 11.8 Å². The molecule has 0 saturated carbocycles. The number of aryl methyl sites for hydroxylation is 2. The summed E-state index contributed by atoms with van der Waals surface area (Å²) in [4.78, 5) is 4.47. The highest BCUT2D eigenvalue weighted by Gasteiger charge is 2.42. The molecule has 1 spiro atoms. The van der Waals surface area contributed by atoms with E-state index in [1.807, 2.05) is 25.6 Å². The third-order valence-corrected chi connectivity index (χ3v) is 5.94. The molecule has 2 saturated heterocycles. The van der Waals surface area contributed by atoms with Crippen LogP contribution in [0, 0.1) is 19.8 Å². The average Bonchev–Trinajstić information content (AvgIpc) is 2.86. The van der Waals surface area contributed by atoms with Gasteiger partial charge in [0.05, 0.1) is 5.60 Å². The van der Waals surface area contributed by atoms with Crippen LogP contribution in [0.1, 0.15) is 42.3 Å². The molecule has 2 aliphatic rings. The molecule has 2 fully saturated rings. The number of nitrogens with zero attached hydrogens (tertiary/aromatic N) is 1. The van der Waals surface area contributed by atoms with Crippen LogP contribution in [-0.2, 0) is 4.74 Å². The van der Waals surface area contributed by atoms with E-state index < -0.39 is 0 Å². The fraction of sp³-hybridized carbons (Fsp3) is 0.688. The topological polar surface area (TPSA) is 60.2 Å². The molecule has 1 aromatic heterocycles. The number of hydrogen-bond donors (Lipinski definition) is 2. The number of hydrazine groups is 1. The molecule has 21 heavy (non-hydrogen) atoms. The van der Waals surface area contributed by atoms with Crippen molar-refractivity contribution in [1.29, 1.82) is 0 Å². The first-order chi connectivity index (χ1) is 10.1. The van der Waals surface area contributed by atoms with E-state index in [1.54, 1.807) is 0 Å². The second kappa shape index (κ2) is 6.24. The molecule has 0 aliphatic carbocycles. The molecule has 5 heteroatoms. The predicted molar refractivity (Wildman–Crippen MR) is 87.1 cm³/mol. The lowest BCUT2D eigenvalue weighted by Crippen LogP contribution is -2.45. The van der Waals surface area contributed by atoms with E-state index in [0.29, 0.717) is 5.92 Å². The van der Waals surface area contributed by atoms with Crippen LogP contribution in [0.2, 0.25) is 0 Å². The number of rotatable bonds is 3. The normalized spacial score (nSPS) is 30.7. The van der Waals surface area contributed by atoms with Gasteiger partial charge < -0.3 is 4.74 Å². The van der Waals surface area contributed by atoms with Gasteiger partial charge in [0.25, 0.3) is 0 Å². The summed E-state index contributed by atoms with van der Waals surface area (Å²) < 4.78 is 6.13. The maximum atomic E-state index is 6.13. The van der Waals surface area contributed by atoms with Crippen molar-refractivity contribution in [3.8, 4) is 0 Å². The largest absolute Gasteiger partial charge is 0.374 e. The number of thioether (sulfide) groups is 1. The van der Waals surface area contributed by atoms with Crippen LogP contribution < -0.4 is 11.3 Å². The highest BCUT2D eigenvalue weighted by Crippen LogP contribution is 2.43. The van der Waals surface area contributed by atoms with E-state index >= 15 is 0 Å². The lowest BCUT2D eigenvalue weighted by Gasteiger charge is -2.41. The van der Waals surface area contributed by atoms with Crippen molar-refractivity contribution in [1.82, 2.24) is 10.4 Å². The van der Waals surface area contributed by atoms with E-state index in [0.717, 1.165) is 36.6 Å². The first kappa shape index (κ1) is 15.3. The van der Waals surface area contributed by atoms with Crippen molar-refractivity contribution in [3.63, 3.8) is 0 Å². The SMILES string of the molecule is Cc1cc(C(NN)C2CCOC3(CCSC3)C2)cc(C)n1. The van der Waals surface area contributed by atoms with E-state index in [-0.39, 0.29) is 11.6 Å². The van der Waals surface area contributed by atoms with Crippen molar-refractivity contribution in [3.05, 3.63) is 29.1 Å². The first-order valence-corrected chi connectivity index (χ1v) is 8.90. The van der Waals surface area contributed by atoms with Gasteiger partial charge in [-0.05, 0) is 62.5 Å². The van der Waals surface area contributed by atoms with Crippen LogP contribution in [0.3, 0.4) is 0 Å². The minimum atomic E-state index is 0.0970. The summed E-state index contributed by atoms with van der Waals surface area (Å²) in [6, 6.07) is 4.50. The summed E-state index contributed by atoms with van der Waals surface area (Å²) in [5, 5.41) is 0. The van der Waals surface area contributed by atoms with Crippen LogP contribution in [-0.4, -0.2) is 28.7 Å². The molecule has 2 aliphatic heterocycles. The Hall–Kier alpha value is -0.620. The molecule has 116 valence electrons. The van der Waals surface area contributed by atoms with Gasteiger partial charge >= 0.3 is 0 Å². The standard InChI is InChI=1S/C16H25N3OS/c1-11-7-14(8-12(2)18-11)15(19-17)13-3-5-20-16(9-13)4-6-21-10-16/h7-8,13,15,19H,3-6,9-10,17H2,1-2H3. The number of ether oxygens (including phenoxy) is 1. The van der Waals surface area contributed by atoms with Crippen LogP contribution >= 0.6 is 11.8 Å². The van der Waals surface area contributed by atoms with Crippen molar-refractivity contribution < 1.29 is 4.74 Å². The molecule has 3 heterocycles. The Kier molecular flexibility index (Phi) is 4.54. The van der Waals surface area contributed by atoms with Gasteiger partial charge in [0.2, 0.25) is 0 Å². The van der Waals surface area contributed by atoms with Gasteiger partial charge in [0.1, 0.15) is 0 Å². The highest BCUT2D eigenvalue weighted by atomic mass is 32.2. The minimum absolute atomic E-state index is 0.0970. The average molecular weight is 307 g/mol. The van der Waals surface area contributed by atoms with Gasteiger partial charge in [0, 0.05) is 29.8 Å². The maximum Gasteiger partial charge on any atom is 0.0783 e. The Morgan fingerprint density at radius 2 is 2.19 bits per heavy atom. The lowest BCUT2D eigenvalue weighted by molar-refractivity contribution is -0.0854. The number of nitrogens with one attached hydrogen (secondary N) is 1. The molecule has 3 unspecified atom stereocenters. The predicted octanol–water partition coefficient (Wildman–Crippen LogP) is 2.51. The third-order valence-electron chi connectivity index (χ3n) is 4.71. The zero-order valence-electron chi connectivity index (χ0n) is 12.9. The fourth-order valence-electron chi connectivity index (χ4n) is 3.76. The quantitative estimate of drug-likeness (QED) is 0.664. The van der Waals surface area contributed by atoms with Crippen LogP contribution in [0.15, 0.2) is 12.1 Å². The summed E-state index contributed by atoms with van der Waals surface area (Å²) in [6.45, 7) is 4.94. The molecule has 0 aromatic carbocycles. The molecular weight excluding hydrogens is 282 g/mol. The summed E-state index contributed by atoms with van der Waals surface area (Å²) in [5.74, 6) is 8.79. The van der Waals surface area contributed by atoms with Crippen molar-refractivity contribution in [2.75, 3.05) is 18.1 Å². The van der Waals surface area contributed by atoms with E-state index in [9.17, 15) is 0 Å². The van der Waals surface area contributed by atoms with Crippen LogP contribution in [0.5, 0.6) is 0 Å². The number of nitrogens with two attached hydrogens (primary N) is 1. The number of aromatic nitrogens is 1. The van der Waals surface area contributed by atoms with Gasteiger partial charge in [-0.25, -0.2) is 0 Å². The molecule has 3 rings (SSSR count). The smallest absolute Gasteiger partial charge is 0.0783 e. The summed E-state index contributed by atoms with van der Waals surface area (Å²) in [7, 11) is 0. The molecule has 3 N–H and O–H groups in total. The van der Waals surface area contributed by atoms with Crippen LogP contribution in [0.25, 0.3) is 0 Å². The molecule has 3 atom stereocenters. The zero-order chi connectivity index (χ0) is 14.9. The van der Waals surface area contributed by atoms with Gasteiger partial charge in [0.15, 0.2) is 0 Å². The van der Waals surface area contributed by atoms with Gasteiger partial charge in [-0.2, -0.15) is 11.8 Å². The van der Waals surface area contributed by atoms with E-state index in [4.69, 9.17) is 10.6 Å². The van der Waals surface area contributed by atoms with E-state index in [1.165, 1.54) is 17.7 Å². The van der Waals surface area contributed by atoms with E-state index in [2.05, 4.69) is 22.5 Å². The van der Waals surface area contributed by atoms with Crippen molar-refractivity contribution >= 4 is 11.8 Å². The monoisotopic (exact) mass is 307 g/mol. The minimum Gasteiger partial charge on any atom is -0.374 e. The molecule has 0 radical (unpaired) electrons. The summed E-state index contributed by atoms with van der Waals surface area (Å²) in [6.07, 6.45) is 3.36. The molecule has 0 amide bonds. The number of hydrogen-bond acceptors (Lipinski definition) is 5. The Morgan fingerprint density at radius 3 is 2.81 bits per heavy atom. The second-order valence-electron chi connectivity index (χ2n) is 6.41. The Morgan fingerprint density at radius 1 is 1.43 bits per heavy atom. The molecule has 1 aromatic rings. The molecule has 4 nitrogen and oxygen atoms in total. The Balaban J connectivity index is 1.82.